The van der Waals surface area contributed by atoms with Crippen LogP contribution in [0.4, 0.5) is 0 Å². The van der Waals surface area contributed by atoms with E-state index in [0.717, 1.165) is 6.42 Å². The van der Waals surface area contributed by atoms with Crippen LogP contribution in [0.5, 0.6) is 5.75 Å². The zero-order chi connectivity index (χ0) is 13.1. The van der Waals surface area contributed by atoms with Gasteiger partial charge in [0.2, 0.25) is 5.91 Å². The molecule has 0 saturated carbocycles. The van der Waals surface area contributed by atoms with Gasteiger partial charge in [-0.3, -0.25) is 9.59 Å². The van der Waals surface area contributed by atoms with Gasteiger partial charge in [0.1, 0.15) is 11.8 Å². The number of carbonyl (C=O) groups is 2. The number of aromatic hydroxyl groups is 1. The number of amides is 2. The minimum atomic E-state index is -0.378. The average Bonchev–Trinajstić information content (AvgIpc) is 2.87. The molecule has 2 N–H and O–H groups in total. The first-order valence-corrected chi connectivity index (χ1v) is 5.95. The van der Waals surface area contributed by atoms with Crippen molar-refractivity contribution in [2.45, 2.75) is 18.9 Å². The number of benzene rings is 1. The van der Waals surface area contributed by atoms with E-state index >= 15 is 0 Å². The van der Waals surface area contributed by atoms with E-state index in [1.807, 2.05) is 0 Å². The van der Waals surface area contributed by atoms with Gasteiger partial charge in [-0.25, -0.2) is 0 Å². The van der Waals surface area contributed by atoms with Crippen LogP contribution in [-0.2, 0) is 4.79 Å². The lowest BCUT2D eigenvalue weighted by atomic mass is 10.1. The molecule has 1 aromatic carbocycles. The zero-order valence-corrected chi connectivity index (χ0v) is 10.2. The molecule has 1 aliphatic heterocycles. The van der Waals surface area contributed by atoms with Gasteiger partial charge in [-0.1, -0.05) is 0 Å². The van der Waals surface area contributed by atoms with E-state index < -0.39 is 0 Å². The molecule has 1 unspecified atom stereocenters. The van der Waals surface area contributed by atoms with Gasteiger partial charge in [-0.15, -0.1) is 0 Å². The fourth-order valence-electron chi connectivity index (χ4n) is 2.22. The van der Waals surface area contributed by atoms with Crippen LogP contribution < -0.4 is 5.32 Å². The number of likely N-dealkylation sites (tertiary alicyclic amines) is 1. The van der Waals surface area contributed by atoms with Gasteiger partial charge in [0, 0.05) is 19.2 Å². The summed E-state index contributed by atoms with van der Waals surface area (Å²) in [4.78, 5) is 25.5. The van der Waals surface area contributed by atoms with E-state index in [4.69, 9.17) is 0 Å². The number of hydrogen-bond donors (Lipinski definition) is 2. The third-order valence-corrected chi connectivity index (χ3v) is 3.18. The number of likely N-dealkylation sites (N-methyl/N-ethyl adjacent to an activating group) is 1. The normalized spacial score (nSPS) is 18.7. The smallest absolute Gasteiger partial charge is 0.254 e. The molecule has 0 bridgehead atoms. The number of hydrogen-bond acceptors (Lipinski definition) is 3. The van der Waals surface area contributed by atoms with Crippen LogP contribution in [0, 0.1) is 0 Å². The minimum absolute atomic E-state index is 0.121. The largest absolute Gasteiger partial charge is 0.508 e. The molecule has 2 amide bonds. The minimum Gasteiger partial charge on any atom is -0.508 e. The van der Waals surface area contributed by atoms with Gasteiger partial charge in [0.15, 0.2) is 0 Å². The van der Waals surface area contributed by atoms with Crippen molar-refractivity contribution in [3.05, 3.63) is 29.8 Å². The second-order valence-electron chi connectivity index (χ2n) is 4.32. The number of phenols is 1. The Morgan fingerprint density at radius 2 is 2.00 bits per heavy atom. The fourth-order valence-corrected chi connectivity index (χ4v) is 2.22. The van der Waals surface area contributed by atoms with Gasteiger partial charge in [-0.05, 0) is 37.1 Å². The summed E-state index contributed by atoms with van der Waals surface area (Å²) in [6, 6.07) is 5.70. The van der Waals surface area contributed by atoms with Crippen molar-refractivity contribution in [1.29, 1.82) is 0 Å². The highest BCUT2D eigenvalue weighted by molar-refractivity contribution is 5.98. The maximum atomic E-state index is 12.3. The van der Waals surface area contributed by atoms with Gasteiger partial charge >= 0.3 is 0 Å². The first-order valence-electron chi connectivity index (χ1n) is 5.95. The molecule has 1 aromatic rings. The molecule has 0 aliphatic carbocycles. The van der Waals surface area contributed by atoms with Crippen molar-refractivity contribution in [2.75, 3.05) is 13.6 Å². The lowest BCUT2D eigenvalue weighted by Crippen LogP contribution is -2.44. The van der Waals surface area contributed by atoms with Crippen LogP contribution in [0.3, 0.4) is 0 Å². The molecule has 1 heterocycles. The van der Waals surface area contributed by atoms with Crippen molar-refractivity contribution in [2.24, 2.45) is 0 Å². The standard InChI is InChI=1S/C13H16N2O3/c1-14-12(17)11-3-2-8-15(11)13(18)9-4-6-10(16)7-5-9/h4-7,11,16H,2-3,8H2,1H3,(H,14,17). The molecule has 18 heavy (non-hydrogen) atoms. The van der Waals surface area contributed by atoms with Gasteiger partial charge in [0.25, 0.3) is 5.91 Å². The molecule has 96 valence electrons. The monoisotopic (exact) mass is 248 g/mol. The molecule has 0 aromatic heterocycles. The number of carbonyl (C=O) groups excluding carboxylic acids is 2. The molecule has 5 heteroatoms. The predicted octanol–water partition coefficient (Wildman–Crippen LogP) is 0.743. The predicted molar refractivity (Wildman–Crippen MR) is 66.2 cm³/mol. The molecule has 2 rings (SSSR count). The maximum Gasteiger partial charge on any atom is 0.254 e. The Balaban J connectivity index is 2.17. The van der Waals surface area contributed by atoms with Crippen molar-refractivity contribution in [1.82, 2.24) is 10.2 Å². The Hall–Kier alpha value is -2.04. The van der Waals surface area contributed by atoms with Crippen LogP contribution >= 0.6 is 0 Å². The molecule has 0 spiro atoms. The van der Waals surface area contributed by atoms with Crippen molar-refractivity contribution in [3.63, 3.8) is 0 Å². The van der Waals surface area contributed by atoms with E-state index in [1.54, 1.807) is 24.1 Å². The maximum absolute atomic E-state index is 12.3. The lowest BCUT2D eigenvalue weighted by molar-refractivity contribution is -0.124. The molecule has 1 fully saturated rings. The summed E-state index contributed by atoms with van der Waals surface area (Å²) < 4.78 is 0. The molecular weight excluding hydrogens is 232 g/mol. The molecule has 1 saturated heterocycles. The Morgan fingerprint density at radius 3 is 2.61 bits per heavy atom. The second-order valence-corrected chi connectivity index (χ2v) is 4.32. The summed E-state index contributed by atoms with van der Waals surface area (Å²) in [5, 5.41) is 11.8. The molecule has 5 nitrogen and oxygen atoms in total. The van der Waals surface area contributed by atoms with Crippen LogP contribution in [0.15, 0.2) is 24.3 Å². The van der Waals surface area contributed by atoms with Crippen LogP contribution in [0.25, 0.3) is 0 Å². The quantitative estimate of drug-likeness (QED) is 0.811. The Kier molecular flexibility index (Phi) is 3.50. The van der Waals surface area contributed by atoms with Crippen LogP contribution in [0.1, 0.15) is 23.2 Å². The fraction of sp³-hybridized carbons (Fsp3) is 0.385. The summed E-state index contributed by atoms with van der Waals surface area (Å²) in [5.74, 6) is -0.170. The Labute approximate surface area is 105 Å². The topological polar surface area (TPSA) is 69.6 Å². The van der Waals surface area contributed by atoms with Crippen molar-refractivity contribution < 1.29 is 14.7 Å². The van der Waals surface area contributed by atoms with E-state index in [0.29, 0.717) is 18.5 Å². The summed E-state index contributed by atoms with van der Waals surface area (Å²) in [6.07, 6.45) is 1.53. The average molecular weight is 248 g/mol. The highest BCUT2D eigenvalue weighted by Gasteiger charge is 2.33. The number of phenolic OH excluding ortho intramolecular Hbond substituents is 1. The summed E-state index contributed by atoms with van der Waals surface area (Å²) in [6.45, 7) is 0.595. The van der Waals surface area contributed by atoms with Gasteiger partial charge in [-0.2, -0.15) is 0 Å². The Bertz CT molecular complexity index is 456. The van der Waals surface area contributed by atoms with Crippen LogP contribution in [0.2, 0.25) is 0 Å². The third kappa shape index (κ3) is 2.30. The van der Waals surface area contributed by atoms with E-state index in [2.05, 4.69) is 5.32 Å². The van der Waals surface area contributed by atoms with Gasteiger partial charge < -0.3 is 15.3 Å². The first kappa shape index (κ1) is 12.4. The molecule has 1 atom stereocenters. The van der Waals surface area contributed by atoms with Crippen LogP contribution in [-0.4, -0.2) is 41.5 Å². The highest BCUT2D eigenvalue weighted by atomic mass is 16.3. The SMILES string of the molecule is CNC(=O)C1CCCN1C(=O)c1ccc(O)cc1. The summed E-state index contributed by atoms with van der Waals surface area (Å²) in [5.41, 5.74) is 0.489. The van der Waals surface area contributed by atoms with E-state index in [9.17, 15) is 14.7 Å². The number of nitrogens with zero attached hydrogens (tertiary/aromatic N) is 1. The third-order valence-electron chi connectivity index (χ3n) is 3.18. The van der Waals surface area contributed by atoms with Crippen molar-refractivity contribution >= 4 is 11.8 Å². The lowest BCUT2D eigenvalue weighted by Gasteiger charge is -2.23. The highest BCUT2D eigenvalue weighted by Crippen LogP contribution is 2.21. The van der Waals surface area contributed by atoms with Crippen molar-refractivity contribution in [3.8, 4) is 5.75 Å². The Morgan fingerprint density at radius 1 is 1.33 bits per heavy atom. The first-order chi connectivity index (χ1) is 8.63. The molecule has 1 aliphatic rings. The number of rotatable bonds is 2. The molecule has 0 radical (unpaired) electrons. The molecular formula is C13H16N2O3. The number of nitrogens with one attached hydrogen (secondary N) is 1. The van der Waals surface area contributed by atoms with E-state index in [1.165, 1.54) is 12.1 Å². The van der Waals surface area contributed by atoms with E-state index in [-0.39, 0.29) is 23.6 Å². The van der Waals surface area contributed by atoms with Gasteiger partial charge in [0.05, 0.1) is 0 Å². The second kappa shape index (κ2) is 5.08. The summed E-state index contributed by atoms with van der Waals surface area (Å²) >= 11 is 0. The summed E-state index contributed by atoms with van der Waals surface area (Å²) in [7, 11) is 1.57. The zero-order valence-electron chi connectivity index (χ0n) is 10.2.